The van der Waals surface area contributed by atoms with E-state index in [4.69, 9.17) is 4.74 Å². The second kappa shape index (κ2) is 8.79. The van der Waals surface area contributed by atoms with Crippen molar-refractivity contribution in [2.24, 2.45) is 0 Å². The zero-order valence-electron chi connectivity index (χ0n) is 17.9. The fraction of sp³-hybridized carbons (Fsp3) is 0.375. The van der Waals surface area contributed by atoms with Crippen LogP contribution in [-0.4, -0.2) is 28.7 Å². The number of fused-ring (bicyclic) bond motifs is 2. The summed E-state index contributed by atoms with van der Waals surface area (Å²) in [5.41, 5.74) is 2.20. The first kappa shape index (κ1) is 20.9. The fourth-order valence-corrected chi connectivity index (χ4v) is 4.47. The lowest BCUT2D eigenvalue weighted by atomic mass is 9.82. The van der Waals surface area contributed by atoms with Crippen LogP contribution in [0.4, 0.5) is 0 Å². The minimum absolute atomic E-state index is 0.123. The Balaban J connectivity index is 1.54. The van der Waals surface area contributed by atoms with Crippen molar-refractivity contribution in [1.29, 1.82) is 0 Å². The van der Waals surface area contributed by atoms with Gasteiger partial charge in [0.1, 0.15) is 12.3 Å². The number of rotatable bonds is 6. The van der Waals surface area contributed by atoms with Gasteiger partial charge in [0, 0.05) is 19.0 Å². The van der Waals surface area contributed by atoms with Crippen LogP contribution in [0, 0.1) is 0 Å². The predicted molar refractivity (Wildman–Crippen MR) is 120 cm³/mol. The highest BCUT2D eigenvalue weighted by Crippen LogP contribution is 2.33. The molecule has 1 unspecified atom stereocenters. The minimum Gasteiger partial charge on any atom is -0.497 e. The number of nitrogens with zero attached hydrogens (tertiary/aromatic N) is 2. The van der Waals surface area contributed by atoms with E-state index in [1.165, 1.54) is 20.3 Å². The molecular formula is C24H27N3O4. The number of amides is 1. The summed E-state index contributed by atoms with van der Waals surface area (Å²) < 4.78 is 7.88. The summed E-state index contributed by atoms with van der Waals surface area (Å²) in [6.45, 7) is 2.39. The lowest BCUT2D eigenvalue weighted by molar-refractivity contribution is -0.121. The summed E-state index contributed by atoms with van der Waals surface area (Å²) in [7, 11) is 1.66. The highest BCUT2D eigenvalue weighted by Gasteiger charge is 2.22. The van der Waals surface area contributed by atoms with Crippen molar-refractivity contribution in [3.8, 4) is 5.75 Å². The maximum absolute atomic E-state index is 12.8. The maximum Gasteiger partial charge on any atom is 0.331 e. The summed E-state index contributed by atoms with van der Waals surface area (Å²) >= 11 is 0. The average Bonchev–Trinajstić information content (AvgIpc) is 2.80. The Morgan fingerprint density at radius 1 is 1.16 bits per heavy atom. The van der Waals surface area contributed by atoms with Gasteiger partial charge in [-0.3, -0.25) is 18.7 Å². The molecule has 2 aromatic carbocycles. The summed E-state index contributed by atoms with van der Waals surface area (Å²) in [4.78, 5) is 38.2. The van der Waals surface area contributed by atoms with Crippen LogP contribution in [0.15, 0.2) is 52.1 Å². The first-order valence-corrected chi connectivity index (χ1v) is 10.7. The molecule has 4 rings (SSSR count). The van der Waals surface area contributed by atoms with E-state index in [9.17, 15) is 14.4 Å². The number of benzene rings is 2. The zero-order chi connectivity index (χ0) is 22.0. The predicted octanol–water partition coefficient (Wildman–Crippen LogP) is 2.43. The summed E-state index contributed by atoms with van der Waals surface area (Å²) in [5.74, 6) is 0.839. The highest BCUT2D eigenvalue weighted by atomic mass is 16.5. The van der Waals surface area contributed by atoms with Crippen molar-refractivity contribution in [2.75, 3.05) is 13.7 Å². The van der Waals surface area contributed by atoms with Crippen LogP contribution in [-0.2, 0) is 24.3 Å². The lowest BCUT2D eigenvalue weighted by Gasteiger charge is -2.26. The van der Waals surface area contributed by atoms with Gasteiger partial charge in [-0.25, -0.2) is 4.79 Å². The second-order valence-electron chi connectivity index (χ2n) is 7.89. The number of hydrogen-bond donors (Lipinski definition) is 1. The molecule has 1 heterocycles. The first-order valence-electron chi connectivity index (χ1n) is 10.7. The molecule has 0 bridgehead atoms. The van der Waals surface area contributed by atoms with Crippen molar-refractivity contribution >= 4 is 16.8 Å². The number of nitrogens with one attached hydrogen (secondary N) is 1. The van der Waals surface area contributed by atoms with E-state index in [1.54, 1.807) is 38.3 Å². The van der Waals surface area contributed by atoms with Crippen molar-refractivity contribution in [3.63, 3.8) is 0 Å². The molecule has 7 nitrogen and oxygen atoms in total. The standard InChI is InChI=1S/C24H27N3O4/c1-3-26-23(29)20-9-4-5-10-21(20)27(24(26)30)15-22(28)25-14-17-8-6-7-16-13-18(31-2)11-12-19(16)17/h4-5,9-13,17H,3,6-8,14-15H2,1-2H3,(H,25,28). The number of aryl methyl sites for hydroxylation is 1. The molecule has 1 amide bonds. The average molecular weight is 421 g/mol. The molecule has 3 aromatic rings. The van der Waals surface area contributed by atoms with E-state index in [1.807, 2.05) is 6.07 Å². The third kappa shape index (κ3) is 4.00. The molecule has 1 aromatic heterocycles. The van der Waals surface area contributed by atoms with Crippen LogP contribution in [0.2, 0.25) is 0 Å². The Morgan fingerprint density at radius 2 is 1.97 bits per heavy atom. The molecule has 1 N–H and O–H groups in total. The van der Waals surface area contributed by atoms with Crippen molar-refractivity contribution in [1.82, 2.24) is 14.5 Å². The number of aromatic nitrogens is 2. The van der Waals surface area contributed by atoms with Gasteiger partial charge in [0.15, 0.2) is 0 Å². The second-order valence-corrected chi connectivity index (χ2v) is 7.89. The van der Waals surface area contributed by atoms with Gasteiger partial charge in [0.25, 0.3) is 5.56 Å². The molecule has 162 valence electrons. The van der Waals surface area contributed by atoms with Gasteiger partial charge in [0.2, 0.25) is 5.91 Å². The fourth-order valence-electron chi connectivity index (χ4n) is 4.47. The number of carbonyl (C=O) groups is 1. The summed E-state index contributed by atoms with van der Waals surface area (Å²) in [5, 5.41) is 3.43. The maximum atomic E-state index is 12.8. The Bertz CT molecular complexity index is 1240. The normalized spacial score (nSPS) is 15.5. The monoisotopic (exact) mass is 421 g/mol. The molecule has 0 aliphatic heterocycles. The van der Waals surface area contributed by atoms with E-state index in [0.717, 1.165) is 25.0 Å². The first-order chi connectivity index (χ1) is 15.0. The van der Waals surface area contributed by atoms with Crippen LogP contribution in [0.3, 0.4) is 0 Å². The number of methoxy groups -OCH3 is 1. The van der Waals surface area contributed by atoms with Gasteiger partial charge in [-0.15, -0.1) is 0 Å². The highest BCUT2D eigenvalue weighted by molar-refractivity contribution is 5.81. The smallest absolute Gasteiger partial charge is 0.331 e. The van der Waals surface area contributed by atoms with E-state index in [-0.39, 0.29) is 30.5 Å². The molecule has 0 fully saturated rings. The van der Waals surface area contributed by atoms with Crippen LogP contribution in [0.1, 0.15) is 36.8 Å². The third-order valence-corrected chi connectivity index (χ3v) is 6.08. The molecular weight excluding hydrogens is 394 g/mol. The summed E-state index contributed by atoms with van der Waals surface area (Å²) in [6.07, 6.45) is 3.08. The van der Waals surface area contributed by atoms with Gasteiger partial charge >= 0.3 is 5.69 Å². The van der Waals surface area contributed by atoms with Gasteiger partial charge in [-0.05, 0) is 61.6 Å². The van der Waals surface area contributed by atoms with Crippen LogP contribution < -0.4 is 21.3 Å². The van der Waals surface area contributed by atoms with E-state index in [2.05, 4.69) is 17.4 Å². The topological polar surface area (TPSA) is 82.3 Å². The minimum atomic E-state index is -0.462. The van der Waals surface area contributed by atoms with Gasteiger partial charge in [-0.1, -0.05) is 18.2 Å². The zero-order valence-corrected chi connectivity index (χ0v) is 17.9. The van der Waals surface area contributed by atoms with Gasteiger partial charge in [0.05, 0.1) is 18.0 Å². The van der Waals surface area contributed by atoms with Crippen LogP contribution in [0.5, 0.6) is 5.75 Å². The molecule has 1 aliphatic carbocycles. The Morgan fingerprint density at radius 3 is 2.74 bits per heavy atom. The third-order valence-electron chi connectivity index (χ3n) is 6.08. The van der Waals surface area contributed by atoms with E-state index >= 15 is 0 Å². The number of ether oxygens (including phenoxy) is 1. The molecule has 0 spiro atoms. The molecule has 0 saturated carbocycles. The summed E-state index contributed by atoms with van der Waals surface area (Å²) in [6, 6.07) is 13.0. The molecule has 31 heavy (non-hydrogen) atoms. The van der Waals surface area contributed by atoms with Crippen molar-refractivity contribution in [2.45, 2.75) is 45.2 Å². The van der Waals surface area contributed by atoms with Gasteiger partial charge in [-0.2, -0.15) is 0 Å². The number of carbonyl (C=O) groups excluding carboxylic acids is 1. The van der Waals surface area contributed by atoms with E-state index in [0.29, 0.717) is 17.4 Å². The lowest BCUT2D eigenvalue weighted by Crippen LogP contribution is -2.42. The molecule has 1 aliphatic rings. The molecule has 0 saturated heterocycles. The quantitative estimate of drug-likeness (QED) is 0.663. The van der Waals surface area contributed by atoms with Crippen LogP contribution in [0.25, 0.3) is 10.9 Å². The van der Waals surface area contributed by atoms with Crippen molar-refractivity contribution in [3.05, 3.63) is 74.4 Å². The largest absolute Gasteiger partial charge is 0.497 e. The number of para-hydroxylation sites is 1. The molecule has 1 atom stereocenters. The Hall–Kier alpha value is -3.35. The van der Waals surface area contributed by atoms with E-state index < -0.39 is 5.69 Å². The van der Waals surface area contributed by atoms with Crippen LogP contribution >= 0.6 is 0 Å². The SMILES string of the molecule is CCn1c(=O)c2ccccc2n(CC(=O)NCC2CCCc3cc(OC)ccc32)c1=O. The Labute approximate surface area is 180 Å². The molecule has 7 heteroatoms. The van der Waals surface area contributed by atoms with Gasteiger partial charge < -0.3 is 10.1 Å². The van der Waals surface area contributed by atoms with Crippen molar-refractivity contribution < 1.29 is 9.53 Å². The number of hydrogen-bond acceptors (Lipinski definition) is 4. The molecule has 0 radical (unpaired) electrons. The Kier molecular flexibility index (Phi) is 5.93.